The van der Waals surface area contributed by atoms with E-state index in [9.17, 15) is 22.0 Å². The van der Waals surface area contributed by atoms with E-state index in [1.807, 2.05) is 0 Å². The third-order valence-corrected chi connectivity index (χ3v) is 4.20. The van der Waals surface area contributed by atoms with Crippen LogP contribution in [0.5, 0.6) is 0 Å². The monoisotopic (exact) mass is 305 g/mol. The zero-order chi connectivity index (χ0) is 15.3. The number of rotatable bonds is 7. The molecule has 0 radical (unpaired) electrons. The number of benzene rings is 1. The second-order valence-electron chi connectivity index (χ2n) is 3.85. The summed E-state index contributed by atoms with van der Waals surface area (Å²) in [7, 11) is -4.17. The fraction of sp³-hybridized carbons (Fsp3) is 0.250. The molecule has 5 nitrogen and oxygen atoms in total. The first kappa shape index (κ1) is 16.3. The van der Waals surface area contributed by atoms with Gasteiger partial charge in [-0.2, -0.15) is 4.31 Å². The van der Waals surface area contributed by atoms with E-state index in [0.29, 0.717) is 4.31 Å². The third-order valence-electron chi connectivity index (χ3n) is 2.39. The van der Waals surface area contributed by atoms with Gasteiger partial charge in [0.25, 0.3) is 6.43 Å². The first-order valence-corrected chi connectivity index (χ1v) is 6.94. The molecular formula is C12H13F2NO4S. The van der Waals surface area contributed by atoms with E-state index in [1.54, 1.807) is 0 Å². The van der Waals surface area contributed by atoms with Crippen LogP contribution in [0, 0.1) is 0 Å². The van der Waals surface area contributed by atoms with Crippen molar-refractivity contribution in [2.75, 3.05) is 13.1 Å². The number of hydrogen-bond donors (Lipinski definition) is 1. The Morgan fingerprint density at radius 2 is 2.10 bits per heavy atom. The Kier molecular flexibility index (Phi) is 5.34. The molecule has 0 bridgehead atoms. The molecule has 1 rings (SSSR count). The maximum Gasteiger partial charge on any atom is 0.318 e. The quantitative estimate of drug-likeness (QED) is 0.781. The molecule has 0 amide bonds. The van der Waals surface area contributed by atoms with Crippen LogP contribution in [0.25, 0.3) is 0 Å². The van der Waals surface area contributed by atoms with Crippen molar-refractivity contribution in [2.45, 2.75) is 11.3 Å². The maximum atomic E-state index is 12.6. The summed E-state index contributed by atoms with van der Waals surface area (Å²) in [6, 6.07) is 4.25. The largest absolute Gasteiger partial charge is 0.480 e. The van der Waals surface area contributed by atoms with Crippen LogP contribution in [0.15, 0.2) is 41.8 Å². The number of nitrogens with zero attached hydrogens (tertiary/aromatic N) is 1. The first-order valence-electron chi connectivity index (χ1n) is 5.50. The van der Waals surface area contributed by atoms with E-state index in [2.05, 4.69) is 6.58 Å². The molecule has 0 aliphatic carbocycles. The van der Waals surface area contributed by atoms with Gasteiger partial charge < -0.3 is 5.11 Å². The second kappa shape index (κ2) is 6.58. The summed E-state index contributed by atoms with van der Waals surface area (Å²) in [5, 5.41) is 8.70. The van der Waals surface area contributed by atoms with Gasteiger partial charge in [0.15, 0.2) is 0 Å². The van der Waals surface area contributed by atoms with E-state index < -0.39 is 34.5 Å². The van der Waals surface area contributed by atoms with Crippen LogP contribution in [0.2, 0.25) is 0 Å². The molecule has 0 fully saturated rings. The fourth-order valence-corrected chi connectivity index (χ4v) is 2.92. The Morgan fingerprint density at radius 1 is 1.45 bits per heavy atom. The molecule has 1 aromatic rings. The molecule has 0 aliphatic rings. The number of carbonyl (C=O) groups is 1. The Bertz CT molecular complexity index is 601. The van der Waals surface area contributed by atoms with Crippen molar-refractivity contribution in [3.05, 3.63) is 42.5 Å². The molecule has 110 valence electrons. The van der Waals surface area contributed by atoms with Crippen molar-refractivity contribution in [1.82, 2.24) is 4.31 Å². The highest BCUT2D eigenvalue weighted by molar-refractivity contribution is 7.89. The van der Waals surface area contributed by atoms with Crippen LogP contribution in [0.4, 0.5) is 8.78 Å². The molecule has 1 N–H and O–H groups in total. The molecule has 0 heterocycles. The molecule has 0 aromatic heterocycles. The minimum atomic E-state index is -4.17. The number of hydrogen-bond acceptors (Lipinski definition) is 3. The number of alkyl halides is 2. The summed E-state index contributed by atoms with van der Waals surface area (Å²) in [4.78, 5) is 10.3. The molecule has 0 saturated carbocycles. The zero-order valence-electron chi connectivity index (χ0n) is 10.4. The molecule has 0 unspecified atom stereocenters. The number of halogens is 2. The van der Waals surface area contributed by atoms with E-state index in [0.717, 1.165) is 18.2 Å². The highest BCUT2D eigenvalue weighted by atomic mass is 32.2. The average molecular weight is 305 g/mol. The predicted molar refractivity (Wildman–Crippen MR) is 68.0 cm³/mol. The second-order valence-corrected chi connectivity index (χ2v) is 5.79. The maximum absolute atomic E-state index is 12.6. The standard InChI is InChI=1S/C12H13F2NO4S/c1-2-6-15(8-11(16)17)20(18,19)10-5-3-4-9(7-10)12(13)14/h2-5,7,12H,1,6,8H2,(H,16,17). The van der Waals surface area contributed by atoms with Gasteiger partial charge in [-0.25, -0.2) is 17.2 Å². The molecule has 8 heteroatoms. The van der Waals surface area contributed by atoms with Gasteiger partial charge in [0.05, 0.1) is 4.90 Å². The topological polar surface area (TPSA) is 74.7 Å². The van der Waals surface area contributed by atoms with Crippen LogP contribution in [-0.2, 0) is 14.8 Å². The fourth-order valence-electron chi connectivity index (χ4n) is 1.50. The number of carboxylic acids is 1. The van der Waals surface area contributed by atoms with Crippen LogP contribution in [-0.4, -0.2) is 36.9 Å². The Balaban J connectivity index is 3.21. The van der Waals surface area contributed by atoms with Gasteiger partial charge in [-0.1, -0.05) is 18.2 Å². The zero-order valence-corrected chi connectivity index (χ0v) is 11.2. The molecular weight excluding hydrogens is 292 g/mol. The summed E-state index contributed by atoms with van der Waals surface area (Å²) < 4.78 is 50.2. The van der Waals surface area contributed by atoms with Crippen molar-refractivity contribution >= 4 is 16.0 Å². The third kappa shape index (κ3) is 3.84. The number of carboxylic acid groups (broad SMARTS) is 1. The molecule has 0 saturated heterocycles. The van der Waals surface area contributed by atoms with Gasteiger partial charge in [-0.3, -0.25) is 4.79 Å². The lowest BCUT2D eigenvalue weighted by atomic mass is 10.2. The summed E-state index contributed by atoms with van der Waals surface area (Å²) in [6.07, 6.45) is -1.59. The SMILES string of the molecule is C=CCN(CC(=O)O)S(=O)(=O)c1cccc(C(F)F)c1. The van der Waals surface area contributed by atoms with Gasteiger partial charge >= 0.3 is 5.97 Å². The Morgan fingerprint density at radius 3 is 2.60 bits per heavy atom. The average Bonchev–Trinajstić information content (AvgIpc) is 2.38. The summed E-state index contributed by atoms with van der Waals surface area (Å²) >= 11 is 0. The van der Waals surface area contributed by atoms with Crippen LogP contribution < -0.4 is 0 Å². The molecule has 1 aromatic carbocycles. The van der Waals surface area contributed by atoms with Gasteiger partial charge in [0.1, 0.15) is 6.54 Å². The summed E-state index contributed by atoms with van der Waals surface area (Å²) in [6.45, 7) is 2.34. The first-order chi connectivity index (χ1) is 9.28. The van der Waals surface area contributed by atoms with E-state index in [-0.39, 0.29) is 11.4 Å². The predicted octanol–water partition coefficient (Wildman–Crippen LogP) is 1.89. The van der Waals surface area contributed by atoms with Crippen molar-refractivity contribution in [3.8, 4) is 0 Å². The Hall–Kier alpha value is -1.80. The van der Waals surface area contributed by atoms with Gasteiger partial charge in [-0.05, 0) is 12.1 Å². The molecule has 20 heavy (non-hydrogen) atoms. The lowest BCUT2D eigenvalue weighted by Crippen LogP contribution is -2.35. The van der Waals surface area contributed by atoms with Gasteiger partial charge in [0.2, 0.25) is 10.0 Å². The van der Waals surface area contributed by atoms with Crippen molar-refractivity contribution in [2.24, 2.45) is 0 Å². The normalized spacial score (nSPS) is 11.8. The lowest BCUT2D eigenvalue weighted by molar-refractivity contribution is -0.137. The lowest BCUT2D eigenvalue weighted by Gasteiger charge is -2.19. The number of sulfonamides is 1. The Labute approximate surface area is 115 Å². The molecule has 0 atom stereocenters. The van der Waals surface area contributed by atoms with Gasteiger partial charge in [0, 0.05) is 12.1 Å². The minimum absolute atomic E-state index is 0.229. The smallest absolute Gasteiger partial charge is 0.318 e. The number of aliphatic carboxylic acids is 1. The van der Waals surface area contributed by atoms with E-state index in [4.69, 9.17) is 5.11 Å². The highest BCUT2D eigenvalue weighted by Crippen LogP contribution is 2.23. The van der Waals surface area contributed by atoms with Crippen molar-refractivity contribution in [3.63, 3.8) is 0 Å². The van der Waals surface area contributed by atoms with Crippen LogP contribution in [0.3, 0.4) is 0 Å². The molecule has 0 spiro atoms. The van der Waals surface area contributed by atoms with Crippen molar-refractivity contribution < 1.29 is 27.1 Å². The summed E-state index contributed by atoms with van der Waals surface area (Å²) in [5.41, 5.74) is -0.444. The molecule has 0 aliphatic heterocycles. The highest BCUT2D eigenvalue weighted by Gasteiger charge is 2.26. The summed E-state index contributed by atoms with van der Waals surface area (Å²) in [5.74, 6) is -1.35. The van der Waals surface area contributed by atoms with E-state index in [1.165, 1.54) is 12.1 Å². The van der Waals surface area contributed by atoms with Crippen LogP contribution >= 0.6 is 0 Å². The van der Waals surface area contributed by atoms with E-state index >= 15 is 0 Å². The van der Waals surface area contributed by atoms with Crippen LogP contribution in [0.1, 0.15) is 12.0 Å². The van der Waals surface area contributed by atoms with Gasteiger partial charge in [-0.15, -0.1) is 6.58 Å². The minimum Gasteiger partial charge on any atom is -0.480 e. The van der Waals surface area contributed by atoms with Crippen molar-refractivity contribution in [1.29, 1.82) is 0 Å².